The van der Waals surface area contributed by atoms with E-state index in [1.807, 2.05) is 0 Å². The van der Waals surface area contributed by atoms with Crippen LogP contribution in [0.4, 0.5) is 14.6 Å². The highest BCUT2D eigenvalue weighted by atomic mass is 79.9. The van der Waals surface area contributed by atoms with Gasteiger partial charge in [-0.1, -0.05) is 22.0 Å². The third-order valence-corrected chi connectivity index (χ3v) is 2.64. The van der Waals surface area contributed by atoms with E-state index in [1.54, 1.807) is 24.3 Å². The molecule has 3 nitrogen and oxygen atoms in total. The van der Waals surface area contributed by atoms with Gasteiger partial charge in [-0.2, -0.15) is 4.98 Å². The first-order valence-corrected chi connectivity index (χ1v) is 5.86. The van der Waals surface area contributed by atoms with Crippen LogP contribution < -0.4 is 10.1 Å². The largest absolute Gasteiger partial charge is 0.436 e. The first-order chi connectivity index (χ1) is 8.60. The molecule has 1 aromatic carbocycles. The molecule has 18 heavy (non-hydrogen) atoms. The molecule has 2 rings (SSSR count). The number of hydrogen-bond acceptors (Lipinski definition) is 3. The fourth-order valence-corrected chi connectivity index (χ4v) is 1.72. The van der Waals surface area contributed by atoms with Crippen molar-refractivity contribution in [3.8, 4) is 11.6 Å². The monoisotopic (exact) mass is 314 g/mol. The van der Waals surface area contributed by atoms with Gasteiger partial charge in [-0.15, -0.1) is 0 Å². The summed E-state index contributed by atoms with van der Waals surface area (Å²) in [4.78, 5) is 3.72. The third-order valence-electron chi connectivity index (χ3n) is 2.14. The summed E-state index contributed by atoms with van der Waals surface area (Å²) in [5, 5.41) is 2.52. The van der Waals surface area contributed by atoms with Crippen LogP contribution >= 0.6 is 15.9 Å². The molecule has 0 amide bonds. The number of pyridine rings is 1. The minimum Gasteiger partial charge on any atom is -0.436 e. The van der Waals surface area contributed by atoms with Crippen molar-refractivity contribution in [3.63, 3.8) is 0 Å². The SMILES string of the molecule is CNc1nc(Oc2cccc(Br)c2)c(F)cc1F. The van der Waals surface area contributed by atoms with E-state index in [1.165, 1.54) is 7.05 Å². The minimum absolute atomic E-state index is 0.0682. The zero-order valence-electron chi connectivity index (χ0n) is 9.38. The number of ether oxygens (including phenoxy) is 1. The summed E-state index contributed by atoms with van der Waals surface area (Å²) in [5.74, 6) is -1.56. The first-order valence-electron chi connectivity index (χ1n) is 5.07. The standard InChI is InChI=1S/C12H9BrF2N2O/c1-16-11-9(14)6-10(15)12(17-11)18-8-4-2-3-7(13)5-8/h2-6H,1H3,(H,16,17). The second-order valence-electron chi connectivity index (χ2n) is 3.42. The lowest BCUT2D eigenvalue weighted by molar-refractivity contribution is 0.418. The van der Waals surface area contributed by atoms with Crippen molar-refractivity contribution in [1.29, 1.82) is 0 Å². The number of aromatic nitrogens is 1. The molecule has 0 aliphatic rings. The van der Waals surface area contributed by atoms with Crippen molar-refractivity contribution in [2.75, 3.05) is 12.4 Å². The normalized spacial score (nSPS) is 10.2. The molecule has 0 fully saturated rings. The summed E-state index contributed by atoms with van der Waals surface area (Å²) in [6, 6.07) is 7.57. The van der Waals surface area contributed by atoms with Crippen molar-refractivity contribution >= 4 is 21.7 Å². The fraction of sp³-hybridized carbons (Fsp3) is 0.0833. The molecule has 0 spiro atoms. The number of anilines is 1. The van der Waals surface area contributed by atoms with E-state index in [0.717, 1.165) is 10.5 Å². The summed E-state index contributed by atoms with van der Waals surface area (Å²) in [6.07, 6.45) is 0. The zero-order chi connectivity index (χ0) is 13.1. The molecule has 0 atom stereocenters. The van der Waals surface area contributed by atoms with Gasteiger partial charge in [0.15, 0.2) is 17.5 Å². The average molecular weight is 315 g/mol. The van der Waals surface area contributed by atoms with Crippen LogP contribution in [0.2, 0.25) is 0 Å². The van der Waals surface area contributed by atoms with Crippen LogP contribution in [-0.4, -0.2) is 12.0 Å². The summed E-state index contributed by atoms with van der Waals surface area (Å²) < 4.78 is 32.7. The smallest absolute Gasteiger partial charge is 0.258 e. The molecule has 0 aliphatic carbocycles. The maximum atomic E-state index is 13.5. The summed E-state index contributed by atoms with van der Waals surface area (Å²) >= 11 is 3.27. The molecule has 0 saturated heterocycles. The lowest BCUT2D eigenvalue weighted by Gasteiger charge is -2.08. The van der Waals surface area contributed by atoms with Gasteiger partial charge in [0.2, 0.25) is 0 Å². The molecule has 0 saturated carbocycles. The summed E-state index contributed by atoms with van der Waals surface area (Å²) in [6.45, 7) is 0. The van der Waals surface area contributed by atoms with E-state index in [4.69, 9.17) is 4.74 Å². The van der Waals surface area contributed by atoms with Crippen LogP contribution in [0.25, 0.3) is 0 Å². The molecule has 1 N–H and O–H groups in total. The number of hydrogen-bond donors (Lipinski definition) is 1. The number of nitrogens with zero attached hydrogens (tertiary/aromatic N) is 1. The van der Waals surface area contributed by atoms with E-state index < -0.39 is 11.6 Å². The highest BCUT2D eigenvalue weighted by Crippen LogP contribution is 2.27. The van der Waals surface area contributed by atoms with E-state index >= 15 is 0 Å². The fourth-order valence-electron chi connectivity index (χ4n) is 1.34. The van der Waals surface area contributed by atoms with Gasteiger partial charge in [0.1, 0.15) is 5.75 Å². The number of nitrogens with one attached hydrogen (secondary N) is 1. The molecule has 0 radical (unpaired) electrons. The maximum absolute atomic E-state index is 13.5. The van der Waals surface area contributed by atoms with Crippen molar-refractivity contribution in [3.05, 3.63) is 46.4 Å². The van der Waals surface area contributed by atoms with E-state index in [2.05, 4.69) is 26.2 Å². The van der Waals surface area contributed by atoms with Gasteiger partial charge in [0, 0.05) is 17.6 Å². The molecule has 1 heterocycles. The van der Waals surface area contributed by atoms with Crippen molar-refractivity contribution in [1.82, 2.24) is 4.98 Å². The van der Waals surface area contributed by atoms with Crippen LogP contribution in [-0.2, 0) is 0 Å². The Bertz CT molecular complexity index is 578. The highest BCUT2D eigenvalue weighted by molar-refractivity contribution is 9.10. The van der Waals surface area contributed by atoms with E-state index in [0.29, 0.717) is 5.75 Å². The number of benzene rings is 1. The van der Waals surface area contributed by atoms with Crippen LogP contribution in [0.3, 0.4) is 0 Å². The van der Waals surface area contributed by atoms with Gasteiger partial charge in [-0.3, -0.25) is 0 Å². The molecule has 0 unspecified atom stereocenters. The van der Waals surface area contributed by atoms with Gasteiger partial charge in [0.25, 0.3) is 5.88 Å². The predicted octanol–water partition coefficient (Wildman–Crippen LogP) is 3.96. The second-order valence-corrected chi connectivity index (χ2v) is 4.33. The van der Waals surface area contributed by atoms with Crippen LogP contribution in [0.1, 0.15) is 0 Å². The lowest BCUT2D eigenvalue weighted by atomic mass is 10.3. The topological polar surface area (TPSA) is 34.2 Å². The highest BCUT2D eigenvalue weighted by Gasteiger charge is 2.12. The zero-order valence-corrected chi connectivity index (χ0v) is 11.0. The molecular weight excluding hydrogens is 306 g/mol. The Morgan fingerprint density at radius 3 is 2.67 bits per heavy atom. The Morgan fingerprint density at radius 1 is 1.22 bits per heavy atom. The Labute approximate surface area is 111 Å². The van der Waals surface area contributed by atoms with Gasteiger partial charge in [-0.25, -0.2) is 8.78 Å². The number of rotatable bonds is 3. The van der Waals surface area contributed by atoms with Gasteiger partial charge in [-0.05, 0) is 18.2 Å². The maximum Gasteiger partial charge on any atom is 0.258 e. The van der Waals surface area contributed by atoms with E-state index in [-0.39, 0.29) is 11.7 Å². The molecule has 0 bridgehead atoms. The Morgan fingerprint density at radius 2 is 2.00 bits per heavy atom. The average Bonchev–Trinajstić information content (AvgIpc) is 2.33. The first kappa shape index (κ1) is 12.8. The van der Waals surface area contributed by atoms with Crippen molar-refractivity contribution < 1.29 is 13.5 Å². The molecular formula is C12H9BrF2N2O. The lowest BCUT2D eigenvalue weighted by Crippen LogP contribution is -2.00. The van der Waals surface area contributed by atoms with Crippen LogP contribution in [0, 0.1) is 11.6 Å². The summed E-state index contributed by atoms with van der Waals surface area (Å²) in [5.41, 5.74) is 0. The quantitative estimate of drug-likeness (QED) is 0.931. The Balaban J connectivity index is 2.34. The summed E-state index contributed by atoms with van der Waals surface area (Å²) in [7, 11) is 1.49. The van der Waals surface area contributed by atoms with Crippen LogP contribution in [0.5, 0.6) is 11.6 Å². The molecule has 6 heteroatoms. The molecule has 2 aromatic rings. The Kier molecular flexibility index (Phi) is 3.76. The second kappa shape index (κ2) is 5.30. The molecule has 1 aromatic heterocycles. The van der Waals surface area contributed by atoms with Gasteiger partial charge >= 0.3 is 0 Å². The van der Waals surface area contributed by atoms with Crippen molar-refractivity contribution in [2.45, 2.75) is 0 Å². The van der Waals surface area contributed by atoms with Gasteiger partial charge < -0.3 is 10.1 Å². The van der Waals surface area contributed by atoms with Crippen molar-refractivity contribution in [2.24, 2.45) is 0 Å². The van der Waals surface area contributed by atoms with E-state index in [9.17, 15) is 8.78 Å². The number of halogens is 3. The minimum atomic E-state index is -0.855. The van der Waals surface area contributed by atoms with Crippen LogP contribution in [0.15, 0.2) is 34.8 Å². The molecule has 94 valence electrons. The van der Waals surface area contributed by atoms with Gasteiger partial charge in [0.05, 0.1) is 0 Å². The Hall–Kier alpha value is -1.69. The predicted molar refractivity (Wildman–Crippen MR) is 67.9 cm³/mol. The molecule has 0 aliphatic heterocycles. The third kappa shape index (κ3) is 2.76.